The third kappa shape index (κ3) is 3.24. The lowest BCUT2D eigenvalue weighted by Gasteiger charge is -2.08. The molecule has 0 aliphatic carbocycles. The number of nitrogens with zero attached hydrogens (tertiary/aromatic N) is 3. The Kier molecular flexibility index (Phi) is 4.40. The lowest BCUT2D eigenvalue weighted by atomic mass is 10.1. The molecule has 0 saturated heterocycles. The van der Waals surface area contributed by atoms with Gasteiger partial charge in [0.1, 0.15) is 5.82 Å². The van der Waals surface area contributed by atoms with Gasteiger partial charge in [0.05, 0.1) is 29.0 Å². The van der Waals surface area contributed by atoms with Crippen LogP contribution in [0.5, 0.6) is 0 Å². The van der Waals surface area contributed by atoms with E-state index >= 15 is 0 Å². The van der Waals surface area contributed by atoms with E-state index in [-0.39, 0.29) is 22.9 Å². The molecule has 2 aromatic carbocycles. The predicted molar refractivity (Wildman–Crippen MR) is 96.5 cm³/mol. The number of halogens is 1. The van der Waals surface area contributed by atoms with Crippen LogP contribution in [0.3, 0.4) is 0 Å². The van der Waals surface area contributed by atoms with Gasteiger partial charge in [-0.2, -0.15) is 5.26 Å². The third-order valence-electron chi connectivity index (χ3n) is 3.90. The van der Waals surface area contributed by atoms with E-state index in [1.165, 1.54) is 42.7 Å². The topological polar surface area (TPSA) is 105 Å². The summed E-state index contributed by atoms with van der Waals surface area (Å²) in [5.74, 6) is -0.611. The van der Waals surface area contributed by atoms with Crippen LogP contribution >= 0.6 is 0 Å². The summed E-state index contributed by atoms with van der Waals surface area (Å²) in [6, 6.07) is 15.6. The van der Waals surface area contributed by atoms with Crippen LogP contribution in [0.15, 0.2) is 69.7 Å². The van der Waals surface area contributed by atoms with Gasteiger partial charge in [0.15, 0.2) is 5.76 Å². The fourth-order valence-corrected chi connectivity index (χ4v) is 2.57. The minimum atomic E-state index is -0.631. The highest BCUT2D eigenvalue weighted by Gasteiger charge is 2.17. The monoisotopic (exact) mass is 374 g/mol. The van der Waals surface area contributed by atoms with E-state index in [9.17, 15) is 14.4 Å². The molecule has 0 unspecified atom stereocenters. The van der Waals surface area contributed by atoms with Crippen LogP contribution in [0, 0.1) is 17.1 Å². The van der Waals surface area contributed by atoms with Crippen LogP contribution in [0.1, 0.15) is 15.9 Å². The second kappa shape index (κ2) is 7.17. The molecule has 0 saturated carbocycles. The van der Waals surface area contributed by atoms with Crippen molar-refractivity contribution in [3.8, 4) is 29.2 Å². The summed E-state index contributed by atoms with van der Waals surface area (Å²) in [5, 5.41) is 19.8. The van der Waals surface area contributed by atoms with E-state index in [1.807, 2.05) is 6.07 Å². The zero-order chi connectivity index (χ0) is 19.5. The number of carbonyl (C=O) groups is 1. The Bertz CT molecular complexity index is 1190. The number of carbonyl (C=O) groups excluding carboxylic acids is 1. The van der Waals surface area contributed by atoms with E-state index in [0.29, 0.717) is 17.0 Å². The van der Waals surface area contributed by atoms with Crippen LogP contribution < -0.4 is 5.32 Å². The fourth-order valence-electron chi connectivity index (χ4n) is 2.57. The number of benzene rings is 2. The highest BCUT2D eigenvalue weighted by molar-refractivity contribution is 6.04. The average molecular weight is 374 g/mol. The molecule has 1 N–H and O–H groups in total. The van der Waals surface area contributed by atoms with Crippen LogP contribution in [-0.4, -0.2) is 16.1 Å². The van der Waals surface area contributed by atoms with Gasteiger partial charge in [0.25, 0.3) is 11.8 Å². The maximum Gasteiger partial charge on any atom is 0.283 e. The lowest BCUT2D eigenvalue weighted by molar-refractivity contribution is 0.102. The van der Waals surface area contributed by atoms with E-state index in [4.69, 9.17) is 8.83 Å². The molecule has 0 aliphatic heterocycles. The summed E-state index contributed by atoms with van der Waals surface area (Å²) in [5.41, 5.74) is 0.865. The predicted octanol–water partition coefficient (Wildman–Crippen LogP) is 4.26. The minimum Gasteiger partial charge on any atom is -0.459 e. The molecule has 1 amide bonds. The van der Waals surface area contributed by atoms with Gasteiger partial charge >= 0.3 is 0 Å². The van der Waals surface area contributed by atoms with Crippen molar-refractivity contribution in [1.82, 2.24) is 10.2 Å². The molecule has 0 bridgehead atoms. The van der Waals surface area contributed by atoms with E-state index in [1.54, 1.807) is 18.2 Å². The molecule has 28 heavy (non-hydrogen) atoms. The number of furan rings is 1. The number of nitriles is 1. The molecule has 7 nitrogen and oxygen atoms in total. The molecule has 2 aromatic heterocycles. The Labute approximate surface area is 158 Å². The highest BCUT2D eigenvalue weighted by atomic mass is 19.1. The van der Waals surface area contributed by atoms with Gasteiger partial charge in [0, 0.05) is 5.69 Å². The van der Waals surface area contributed by atoms with Crippen LogP contribution in [0.2, 0.25) is 0 Å². The molecule has 0 fully saturated rings. The van der Waals surface area contributed by atoms with Gasteiger partial charge in [-0.25, -0.2) is 4.39 Å². The first-order chi connectivity index (χ1) is 13.7. The maximum atomic E-state index is 13.8. The first-order valence-electron chi connectivity index (χ1n) is 8.13. The van der Waals surface area contributed by atoms with Crippen molar-refractivity contribution in [1.29, 1.82) is 5.26 Å². The summed E-state index contributed by atoms with van der Waals surface area (Å²) in [4.78, 5) is 12.3. The van der Waals surface area contributed by atoms with Gasteiger partial charge in [-0.3, -0.25) is 4.79 Å². The van der Waals surface area contributed by atoms with Crippen molar-refractivity contribution in [2.45, 2.75) is 0 Å². The summed E-state index contributed by atoms with van der Waals surface area (Å²) >= 11 is 0. The van der Waals surface area contributed by atoms with Gasteiger partial charge < -0.3 is 14.2 Å². The molecule has 136 valence electrons. The van der Waals surface area contributed by atoms with Crippen molar-refractivity contribution in [3.05, 3.63) is 77.8 Å². The van der Waals surface area contributed by atoms with Gasteiger partial charge in [0.2, 0.25) is 5.89 Å². The molecule has 0 atom stereocenters. The Hall–Kier alpha value is -4.25. The first-order valence-corrected chi connectivity index (χ1v) is 8.13. The van der Waals surface area contributed by atoms with Crippen molar-refractivity contribution in [3.63, 3.8) is 0 Å². The Morgan fingerprint density at radius 1 is 1.07 bits per heavy atom. The Morgan fingerprint density at radius 3 is 2.64 bits per heavy atom. The van der Waals surface area contributed by atoms with Gasteiger partial charge in [-0.1, -0.05) is 12.1 Å². The average Bonchev–Trinajstić information content (AvgIpc) is 3.40. The van der Waals surface area contributed by atoms with Crippen LogP contribution in [0.4, 0.5) is 10.1 Å². The van der Waals surface area contributed by atoms with Gasteiger partial charge in [-0.15, -0.1) is 10.2 Å². The zero-order valence-corrected chi connectivity index (χ0v) is 14.2. The second-order valence-electron chi connectivity index (χ2n) is 5.70. The maximum absolute atomic E-state index is 13.8. The normalized spacial score (nSPS) is 10.4. The number of nitrogens with one attached hydrogen (secondary N) is 1. The summed E-state index contributed by atoms with van der Waals surface area (Å²) < 4.78 is 24.6. The highest BCUT2D eigenvalue weighted by Crippen LogP contribution is 2.29. The minimum absolute atomic E-state index is 0.0879. The van der Waals surface area contributed by atoms with Crippen molar-refractivity contribution >= 4 is 11.6 Å². The smallest absolute Gasteiger partial charge is 0.283 e. The zero-order valence-electron chi connectivity index (χ0n) is 14.2. The number of anilines is 1. The standard InChI is InChI=1S/C20H11FN4O3/c21-16-5-2-1-4-14(16)18(26)23-13-8-7-12(11-22)15(10-13)19-24-25-20(28-19)17-6-3-9-27-17/h1-10H,(H,23,26). The van der Waals surface area contributed by atoms with E-state index in [0.717, 1.165) is 0 Å². The molecule has 0 radical (unpaired) electrons. The molecule has 2 heterocycles. The SMILES string of the molecule is N#Cc1ccc(NC(=O)c2ccccc2F)cc1-c1nnc(-c2ccco2)o1. The molecule has 0 spiro atoms. The van der Waals surface area contributed by atoms with Gasteiger partial charge in [-0.05, 0) is 42.5 Å². The molecular formula is C20H11FN4O3. The number of aromatic nitrogens is 2. The Balaban J connectivity index is 1.66. The molecule has 0 aliphatic rings. The number of rotatable bonds is 4. The quantitative estimate of drug-likeness (QED) is 0.572. The van der Waals surface area contributed by atoms with E-state index < -0.39 is 11.7 Å². The number of hydrogen-bond acceptors (Lipinski definition) is 6. The van der Waals surface area contributed by atoms with Crippen LogP contribution in [-0.2, 0) is 0 Å². The molecule has 4 rings (SSSR count). The van der Waals surface area contributed by atoms with E-state index in [2.05, 4.69) is 15.5 Å². The second-order valence-corrected chi connectivity index (χ2v) is 5.70. The van der Waals surface area contributed by atoms with Crippen molar-refractivity contribution in [2.24, 2.45) is 0 Å². The summed E-state index contributed by atoms with van der Waals surface area (Å²) in [7, 11) is 0. The number of amides is 1. The Morgan fingerprint density at radius 2 is 1.89 bits per heavy atom. The molecule has 8 heteroatoms. The fraction of sp³-hybridized carbons (Fsp3) is 0. The summed E-state index contributed by atoms with van der Waals surface area (Å²) in [6.45, 7) is 0. The number of hydrogen-bond donors (Lipinski definition) is 1. The largest absolute Gasteiger partial charge is 0.459 e. The van der Waals surface area contributed by atoms with Crippen LogP contribution in [0.25, 0.3) is 23.1 Å². The molecule has 4 aromatic rings. The summed E-state index contributed by atoms with van der Waals surface area (Å²) in [6.07, 6.45) is 1.47. The molecular weight excluding hydrogens is 363 g/mol. The van der Waals surface area contributed by atoms with Crippen molar-refractivity contribution in [2.75, 3.05) is 5.32 Å². The van der Waals surface area contributed by atoms with Crippen molar-refractivity contribution < 1.29 is 18.0 Å². The third-order valence-corrected chi connectivity index (χ3v) is 3.90. The first kappa shape index (κ1) is 17.2. The lowest BCUT2D eigenvalue weighted by Crippen LogP contribution is -2.13.